The zero-order valence-electron chi connectivity index (χ0n) is 8.90. The zero-order valence-corrected chi connectivity index (χ0v) is 8.90. The van der Waals surface area contributed by atoms with Gasteiger partial charge in [0.05, 0.1) is 6.26 Å². The van der Waals surface area contributed by atoms with Gasteiger partial charge < -0.3 is 9.52 Å². The van der Waals surface area contributed by atoms with Crippen molar-refractivity contribution in [3.63, 3.8) is 0 Å². The molecule has 0 aliphatic rings. The second-order valence-electron chi connectivity index (χ2n) is 3.75. The first-order chi connectivity index (χ1) is 7.18. The van der Waals surface area contributed by atoms with E-state index in [1.54, 1.807) is 12.3 Å². The summed E-state index contributed by atoms with van der Waals surface area (Å²) >= 11 is 0. The van der Waals surface area contributed by atoms with Crippen LogP contribution in [0.1, 0.15) is 28.6 Å². The molecule has 1 heterocycles. The summed E-state index contributed by atoms with van der Waals surface area (Å²) in [6.45, 7) is 3.88. The van der Waals surface area contributed by atoms with Crippen LogP contribution in [0.25, 0.3) is 0 Å². The van der Waals surface area contributed by atoms with Crippen molar-refractivity contribution in [3.8, 4) is 0 Å². The molecule has 1 N–H and O–H groups in total. The number of aryl methyl sites for hydroxylation is 2. The highest BCUT2D eigenvalue weighted by molar-refractivity contribution is 5.32. The Hall–Kier alpha value is -1.54. The Bertz CT molecular complexity index is 440. The van der Waals surface area contributed by atoms with E-state index in [0.717, 1.165) is 16.9 Å². The van der Waals surface area contributed by atoms with E-state index in [4.69, 9.17) is 4.42 Å². The Morgan fingerprint density at radius 2 is 1.73 bits per heavy atom. The third kappa shape index (κ3) is 1.95. The Labute approximate surface area is 89.2 Å². The van der Waals surface area contributed by atoms with Gasteiger partial charge in [0.25, 0.3) is 0 Å². The van der Waals surface area contributed by atoms with E-state index in [1.807, 2.05) is 38.1 Å². The first kappa shape index (κ1) is 9.99. The molecule has 2 heteroatoms. The number of aliphatic hydroxyl groups excluding tert-OH is 1. The molecule has 0 aliphatic carbocycles. The minimum absolute atomic E-state index is 0.593. The van der Waals surface area contributed by atoms with Gasteiger partial charge in [-0.15, -0.1) is 0 Å². The number of aliphatic hydroxyl groups is 1. The van der Waals surface area contributed by atoms with Gasteiger partial charge in [0.15, 0.2) is 0 Å². The third-order valence-electron chi connectivity index (χ3n) is 2.59. The second kappa shape index (κ2) is 3.91. The fraction of sp³-hybridized carbons (Fsp3) is 0.231. The van der Waals surface area contributed by atoms with Crippen LogP contribution in [-0.4, -0.2) is 5.11 Å². The molecule has 0 amide bonds. The summed E-state index contributed by atoms with van der Waals surface area (Å²) in [5, 5.41) is 10.1. The van der Waals surface area contributed by atoms with Crippen molar-refractivity contribution in [1.29, 1.82) is 0 Å². The molecule has 0 bridgehead atoms. The van der Waals surface area contributed by atoms with Crippen molar-refractivity contribution in [1.82, 2.24) is 0 Å². The van der Waals surface area contributed by atoms with Gasteiger partial charge >= 0.3 is 0 Å². The van der Waals surface area contributed by atoms with E-state index >= 15 is 0 Å². The lowest BCUT2D eigenvalue weighted by Crippen LogP contribution is -1.99. The van der Waals surface area contributed by atoms with Gasteiger partial charge in [-0.3, -0.25) is 0 Å². The van der Waals surface area contributed by atoms with Crippen molar-refractivity contribution < 1.29 is 9.52 Å². The van der Waals surface area contributed by atoms with Crippen LogP contribution in [0, 0.1) is 13.8 Å². The number of rotatable bonds is 2. The first-order valence-electron chi connectivity index (χ1n) is 4.97. The normalized spacial score (nSPS) is 12.7. The molecule has 0 spiro atoms. The van der Waals surface area contributed by atoms with Crippen LogP contribution in [0.4, 0.5) is 0 Å². The average Bonchev–Trinajstić information content (AvgIpc) is 2.65. The van der Waals surface area contributed by atoms with Crippen LogP contribution in [0.5, 0.6) is 0 Å². The summed E-state index contributed by atoms with van der Waals surface area (Å²) in [5.74, 6) is 0.767. The monoisotopic (exact) mass is 202 g/mol. The van der Waals surface area contributed by atoms with E-state index < -0.39 is 6.10 Å². The fourth-order valence-corrected chi connectivity index (χ4v) is 1.61. The van der Waals surface area contributed by atoms with Crippen LogP contribution in [0.3, 0.4) is 0 Å². The zero-order chi connectivity index (χ0) is 10.8. The lowest BCUT2D eigenvalue weighted by Gasteiger charge is -2.10. The summed E-state index contributed by atoms with van der Waals surface area (Å²) in [6, 6.07) is 9.67. The Morgan fingerprint density at radius 3 is 2.27 bits per heavy atom. The van der Waals surface area contributed by atoms with Crippen molar-refractivity contribution in [2.75, 3.05) is 0 Å². The highest BCUT2D eigenvalue weighted by Crippen LogP contribution is 2.25. The molecule has 2 nitrogen and oxygen atoms in total. The van der Waals surface area contributed by atoms with Gasteiger partial charge in [-0.25, -0.2) is 0 Å². The van der Waals surface area contributed by atoms with Crippen LogP contribution in [-0.2, 0) is 0 Å². The van der Waals surface area contributed by atoms with E-state index in [1.165, 1.54) is 5.56 Å². The number of hydrogen-bond acceptors (Lipinski definition) is 2. The smallest absolute Gasteiger partial charge is 0.107 e. The molecule has 1 aromatic heterocycles. The first-order valence-corrected chi connectivity index (χ1v) is 4.97. The molecule has 0 saturated heterocycles. The molecule has 0 saturated carbocycles. The van der Waals surface area contributed by atoms with E-state index in [-0.39, 0.29) is 0 Å². The molecule has 0 fully saturated rings. The molecular formula is C13H14O2. The van der Waals surface area contributed by atoms with Gasteiger partial charge in [0, 0.05) is 5.56 Å². The molecule has 0 aliphatic heterocycles. The van der Waals surface area contributed by atoms with E-state index in [2.05, 4.69) is 0 Å². The molecule has 2 aromatic rings. The Kier molecular flexibility index (Phi) is 2.60. The topological polar surface area (TPSA) is 33.4 Å². The van der Waals surface area contributed by atoms with Gasteiger partial charge in [-0.1, -0.05) is 29.8 Å². The summed E-state index contributed by atoms with van der Waals surface area (Å²) in [4.78, 5) is 0. The van der Waals surface area contributed by atoms with Gasteiger partial charge in [-0.05, 0) is 25.5 Å². The van der Waals surface area contributed by atoms with Gasteiger partial charge in [0.1, 0.15) is 11.9 Å². The Balaban J connectivity index is 2.32. The number of hydrogen-bond donors (Lipinski definition) is 1. The summed E-state index contributed by atoms with van der Waals surface area (Å²) in [5.41, 5.74) is 2.92. The molecule has 78 valence electrons. The maximum absolute atomic E-state index is 10.1. The largest absolute Gasteiger partial charge is 0.469 e. The Morgan fingerprint density at radius 1 is 1.07 bits per heavy atom. The highest BCUT2D eigenvalue weighted by Gasteiger charge is 2.14. The molecule has 15 heavy (non-hydrogen) atoms. The van der Waals surface area contributed by atoms with Crippen molar-refractivity contribution in [2.45, 2.75) is 20.0 Å². The molecule has 1 unspecified atom stereocenters. The van der Waals surface area contributed by atoms with Crippen LogP contribution < -0.4 is 0 Å². The minimum atomic E-state index is -0.593. The maximum Gasteiger partial charge on any atom is 0.107 e. The summed E-state index contributed by atoms with van der Waals surface area (Å²) < 4.78 is 5.17. The van der Waals surface area contributed by atoms with Crippen LogP contribution in [0.2, 0.25) is 0 Å². The third-order valence-corrected chi connectivity index (χ3v) is 2.59. The van der Waals surface area contributed by atoms with E-state index in [0.29, 0.717) is 0 Å². The quantitative estimate of drug-likeness (QED) is 0.812. The second-order valence-corrected chi connectivity index (χ2v) is 3.75. The maximum atomic E-state index is 10.1. The predicted molar refractivity (Wildman–Crippen MR) is 58.7 cm³/mol. The lowest BCUT2D eigenvalue weighted by atomic mass is 10.0. The fourth-order valence-electron chi connectivity index (χ4n) is 1.61. The van der Waals surface area contributed by atoms with Crippen LogP contribution >= 0.6 is 0 Å². The lowest BCUT2D eigenvalue weighted by molar-refractivity contribution is 0.218. The number of furan rings is 1. The van der Waals surface area contributed by atoms with Crippen molar-refractivity contribution in [2.24, 2.45) is 0 Å². The minimum Gasteiger partial charge on any atom is -0.469 e. The molecule has 1 atom stereocenters. The van der Waals surface area contributed by atoms with Crippen LogP contribution in [0.15, 0.2) is 41.0 Å². The molecule has 1 aromatic carbocycles. The standard InChI is InChI=1S/C13H14O2/c1-9-3-5-11(6-4-9)13(14)12-7-8-15-10(12)2/h3-8,13-14H,1-2H3. The summed E-state index contributed by atoms with van der Waals surface area (Å²) in [6.07, 6.45) is 1.01. The van der Waals surface area contributed by atoms with Crippen molar-refractivity contribution in [3.05, 3.63) is 59.0 Å². The SMILES string of the molecule is Cc1ccc(C(O)c2ccoc2C)cc1. The average molecular weight is 202 g/mol. The van der Waals surface area contributed by atoms with Gasteiger partial charge in [-0.2, -0.15) is 0 Å². The molecule has 0 radical (unpaired) electrons. The van der Waals surface area contributed by atoms with Gasteiger partial charge in [0.2, 0.25) is 0 Å². The molecule has 2 rings (SSSR count). The van der Waals surface area contributed by atoms with Crippen molar-refractivity contribution >= 4 is 0 Å². The number of benzene rings is 1. The highest BCUT2D eigenvalue weighted by atomic mass is 16.3. The van der Waals surface area contributed by atoms with E-state index in [9.17, 15) is 5.11 Å². The molecular weight excluding hydrogens is 188 g/mol. The summed E-state index contributed by atoms with van der Waals surface area (Å²) in [7, 11) is 0. The predicted octanol–water partition coefficient (Wildman–Crippen LogP) is 2.98.